The third kappa shape index (κ3) is 33.8. The van der Waals surface area contributed by atoms with Crippen molar-refractivity contribution in [3.8, 4) is 5.75 Å². The molecule has 1 aromatic carbocycles. The summed E-state index contributed by atoms with van der Waals surface area (Å²) < 4.78 is 0. The Morgan fingerprint density at radius 1 is 0.962 bits per heavy atom. The van der Waals surface area contributed by atoms with E-state index < -0.39 is 0 Å². The summed E-state index contributed by atoms with van der Waals surface area (Å²) in [6, 6.07) is 7.15. The van der Waals surface area contributed by atoms with E-state index in [2.05, 4.69) is 27.7 Å². The molecule has 0 fully saturated rings. The van der Waals surface area contributed by atoms with E-state index >= 15 is 0 Å². The number of rotatable bonds is 3. The fourth-order valence-electron chi connectivity index (χ4n) is 1.84. The van der Waals surface area contributed by atoms with Gasteiger partial charge in [0.25, 0.3) is 0 Å². The quantitative estimate of drug-likeness (QED) is 0.416. The van der Waals surface area contributed by atoms with Gasteiger partial charge in [-0.1, -0.05) is 73.6 Å². The normalized spacial score (nSPS) is 9.81. The third-order valence-corrected chi connectivity index (χ3v) is 2.58. The molecular weight excluding hydrogens is 320 g/mol. The van der Waals surface area contributed by atoms with E-state index in [1.807, 2.05) is 53.7 Å². The van der Waals surface area contributed by atoms with Crippen molar-refractivity contribution in [2.24, 2.45) is 11.8 Å². The van der Waals surface area contributed by atoms with Crippen LogP contribution in [0.4, 0.5) is 0 Å². The van der Waals surface area contributed by atoms with Gasteiger partial charge in [-0.15, -0.1) is 0 Å². The van der Waals surface area contributed by atoms with E-state index in [4.69, 9.17) is 10.2 Å². The van der Waals surface area contributed by atoms with Crippen molar-refractivity contribution in [2.75, 3.05) is 0 Å². The van der Waals surface area contributed by atoms with Crippen molar-refractivity contribution in [1.82, 2.24) is 0 Å². The van der Waals surface area contributed by atoms with Crippen molar-refractivity contribution in [2.45, 2.75) is 82.6 Å². The molecule has 2 nitrogen and oxygen atoms in total. The lowest BCUT2D eigenvalue weighted by Gasteiger charge is -2.05. The molecule has 0 saturated heterocycles. The summed E-state index contributed by atoms with van der Waals surface area (Å²) in [7, 11) is 0. The van der Waals surface area contributed by atoms with E-state index in [1.54, 1.807) is 37.3 Å². The van der Waals surface area contributed by atoms with Gasteiger partial charge in [0, 0.05) is 0 Å². The van der Waals surface area contributed by atoms with Crippen LogP contribution in [0, 0.1) is 18.8 Å². The van der Waals surface area contributed by atoms with Crippen LogP contribution in [0.15, 0.2) is 48.3 Å². The number of hydrogen-bond donors (Lipinski definition) is 2. The first-order valence-electron chi connectivity index (χ1n) is 9.96. The van der Waals surface area contributed by atoms with Gasteiger partial charge in [0.05, 0.1) is 0 Å². The summed E-state index contributed by atoms with van der Waals surface area (Å²) in [6.45, 7) is 22.6. The number of phenolic OH excluding ortho intramolecular Hbond substituents is 1. The number of aryl methyl sites for hydroxylation is 1. The molecule has 0 radical (unpaired) electrons. The molecule has 0 spiro atoms. The standard InChI is InChI=1S/C7H8O.C7H16.C6H10O.2C2H6/c1-6-3-2-4-7(8)5-6;1-6(2)5-7(3)4;1-3-5-6(7)4-2;2*1-2/h2-5,8H,1H3;6-7H,5H2,1-4H3;3-5,7H,1-2H3;2*1-2H3/b;;5-3-,6-4+;;. The topological polar surface area (TPSA) is 40.5 Å². The summed E-state index contributed by atoms with van der Waals surface area (Å²) in [5.41, 5.74) is 1.09. The number of phenols is 1. The van der Waals surface area contributed by atoms with Gasteiger partial charge >= 0.3 is 0 Å². The van der Waals surface area contributed by atoms with E-state index in [0.717, 1.165) is 17.4 Å². The number of aliphatic hydroxyl groups excluding tert-OH is 1. The van der Waals surface area contributed by atoms with Gasteiger partial charge in [-0.25, -0.2) is 0 Å². The lowest BCUT2D eigenvalue weighted by atomic mass is 10.0. The van der Waals surface area contributed by atoms with Crippen molar-refractivity contribution >= 4 is 0 Å². The third-order valence-electron chi connectivity index (χ3n) is 2.58. The van der Waals surface area contributed by atoms with E-state index in [-0.39, 0.29) is 0 Å². The molecule has 0 aliphatic carbocycles. The molecule has 0 aliphatic rings. The van der Waals surface area contributed by atoms with Crippen molar-refractivity contribution in [1.29, 1.82) is 0 Å². The zero-order valence-electron chi connectivity index (χ0n) is 19.3. The fraction of sp³-hybridized carbons (Fsp3) is 0.583. The molecule has 0 aromatic heterocycles. The summed E-state index contributed by atoms with van der Waals surface area (Å²) in [5.74, 6) is 2.41. The first kappa shape index (κ1) is 32.0. The minimum atomic E-state index is 0.322. The van der Waals surface area contributed by atoms with Gasteiger partial charge in [0.15, 0.2) is 0 Å². The van der Waals surface area contributed by atoms with Crippen molar-refractivity contribution in [3.63, 3.8) is 0 Å². The SMILES string of the molecule is C/C=C\C(O)=C/C.CC.CC.CC(C)CC(C)C.Cc1cccc(O)c1. The van der Waals surface area contributed by atoms with Crippen LogP contribution in [0.3, 0.4) is 0 Å². The Hall–Kier alpha value is -1.70. The monoisotopic (exact) mass is 366 g/mol. The Labute approximate surface area is 164 Å². The highest BCUT2D eigenvalue weighted by atomic mass is 16.3. The second-order valence-electron chi connectivity index (χ2n) is 6.08. The molecule has 2 N–H and O–H groups in total. The van der Waals surface area contributed by atoms with Gasteiger partial charge in [-0.05, 0) is 68.9 Å². The van der Waals surface area contributed by atoms with E-state index in [1.165, 1.54) is 6.42 Å². The highest BCUT2D eigenvalue weighted by molar-refractivity contribution is 5.25. The number of allylic oxidation sites excluding steroid dienone is 3. The predicted octanol–water partition coefficient (Wildman–Crippen LogP) is 8.47. The van der Waals surface area contributed by atoms with Crippen LogP contribution < -0.4 is 0 Å². The largest absolute Gasteiger partial charge is 0.508 e. The van der Waals surface area contributed by atoms with Gasteiger partial charge in [0.2, 0.25) is 0 Å². The maximum absolute atomic E-state index is 8.81. The maximum atomic E-state index is 8.81. The van der Waals surface area contributed by atoms with Gasteiger partial charge in [-0.2, -0.15) is 0 Å². The average molecular weight is 367 g/mol. The molecular formula is C24H46O2. The van der Waals surface area contributed by atoms with Crippen molar-refractivity contribution < 1.29 is 10.2 Å². The average Bonchev–Trinajstić information content (AvgIpc) is 2.58. The molecule has 2 heteroatoms. The van der Waals surface area contributed by atoms with Gasteiger partial charge in [0.1, 0.15) is 11.5 Å². The minimum Gasteiger partial charge on any atom is -0.508 e. The highest BCUT2D eigenvalue weighted by Crippen LogP contribution is 2.08. The Balaban J connectivity index is -0.000000128. The second-order valence-corrected chi connectivity index (χ2v) is 6.08. The first-order chi connectivity index (χ1) is 12.2. The molecule has 0 aliphatic heterocycles. The summed E-state index contributed by atoms with van der Waals surface area (Å²) in [5, 5.41) is 17.4. The first-order valence-corrected chi connectivity index (χ1v) is 9.96. The molecule has 0 saturated carbocycles. The molecule has 1 aromatic rings. The highest BCUT2D eigenvalue weighted by Gasteiger charge is 1.95. The summed E-state index contributed by atoms with van der Waals surface area (Å²) >= 11 is 0. The second kappa shape index (κ2) is 25.5. The van der Waals surface area contributed by atoms with Crippen LogP contribution in [-0.2, 0) is 0 Å². The van der Waals surface area contributed by atoms with Crippen LogP contribution in [0.25, 0.3) is 0 Å². The molecule has 0 heterocycles. The molecule has 0 bridgehead atoms. The molecule has 154 valence electrons. The molecule has 0 amide bonds. The predicted molar refractivity (Wildman–Crippen MR) is 121 cm³/mol. The lowest BCUT2D eigenvalue weighted by Crippen LogP contribution is -1.93. The Bertz CT molecular complexity index is 406. The van der Waals surface area contributed by atoms with Crippen LogP contribution in [0.1, 0.15) is 81.2 Å². The smallest absolute Gasteiger partial charge is 0.115 e. The molecule has 0 atom stereocenters. The Kier molecular flexibility index (Phi) is 31.4. The Morgan fingerprint density at radius 3 is 1.58 bits per heavy atom. The minimum absolute atomic E-state index is 0.322. The number of hydrogen-bond acceptors (Lipinski definition) is 2. The van der Waals surface area contributed by atoms with E-state index in [0.29, 0.717) is 11.5 Å². The Morgan fingerprint density at radius 2 is 1.42 bits per heavy atom. The maximum Gasteiger partial charge on any atom is 0.115 e. The van der Waals surface area contributed by atoms with Crippen LogP contribution in [-0.4, -0.2) is 10.2 Å². The summed E-state index contributed by atoms with van der Waals surface area (Å²) in [6.07, 6.45) is 6.43. The fourth-order valence-corrected chi connectivity index (χ4v) is 1.84. The van der Waals surface area contributed by atoms with Gasteiger partial charge < -0.3 is 10.2 Å². The summed E-state index contributed by atoms with van der Waals surface area (Å²) in [4.78, 5) is 0. The number of aliphatic hydroxyl groups is 1. The van der Waals surface area contributed by atoms with E-state index in [9.17, 15) is 0 Å². The van der Waals surface area contributed by atoms with Gasteiger partial charge in [-0.3, -0.25) is 0 Å². The number of benzene rings is 1. The zero-order chi connectivity index (χ0) is 21.5. The zero-order valence-corrected chi connectivity index (χ0v) is 19.3. The molecule has 26 heavy (non-hydrogen) atoms. The lowest BCUT2D eigenvalue weighted by molar-refractivity contribution is 0.431. The van der Waals surface area contributed by atoms with Crippen LogP contribution in [0.5, 0.6) is 5.75 Å². The molecule has 1 rings (SSSR count). The van der Waals surface area contributed by atoms with Crippen LogP contribution in [0.2, 0.25) is 0 Å². The number of aromatic hydroxyl groups is 1. The van der Waals surface area contributed by atoms with Crippen molar-refractivity contribution in [3.05, 3.63) is 53.8 Å². The van der Waals surface area contributed by atoms with Crippen LogP contribution >= 0.6 is 0 Å². The molecule has 0 unspecified atom stereocenters.